The minimum absolute atomic E-state index is 0. The van der Waals surface area contributed by atoms with Crippen LogP contribution in [0.4, 0.5) is 4.79 Å². The monoisotopic (exact) mass is 483 g/mol. The van der Waals surface area contributed by atoms with E-state index in [9.17, 15) is 4.79 Å². The number of piperazine rings is 1. The van der Waals surface area contributed by atoms with Gasteiger partial charge in [-0.25, -0.2) is 4.79 Å². The summed E-state index contributed by atoms with van der Waals surface area (Å²) < 4.78 is 5.06. The highest BCUT2D eigenvalue weighted by Gasteiger charge is 2.23. The molecule has 1 aliphatic rings. The Morgan fingerprint density at radius 1 is 1.04 bits per heavy atom. The van der Waals surface area contributed by atoms with Gasteiger partial charge in [-0.3, -0.25) is 4.99 Å². The van der Waals surface area contributed by atoms with Crippen molar-refractivity contribution in [2.45, 2.75) is 39.0 Å². The number of rotatable bonds is 9. The number of hydrogen-bond acceptors (Lipinski definition) is 4. The fraction of sp³-hybridized carbons (Fsp3) is 0.889. The van der Waals surface area contributed by atoms with Crippen molar-refractivity contribution in [3.05, 3.63) is 0 Å². The second-order valence-electron chi connectivity index (χ2n) is 6.72. The third-order valence-corrected chi connectivity index (χ3v) is 4.38. The number of aliphatic imine (C=N–C) groups is 1. The highest BCUT2D eigenvalue weighted by Crippen LogP contribution is 2.05. The van der Waals surface area contributed by atoms with Gasteiger partial charge in [0.1, 0.15) is 0 Å². The average molecular weight is 483 g/mol. The van der Waals surface area contributed by atoms with E-state index in [-0.39, 0.29) is 30.1 Å². The Labute approximate surface area is 176 Å². The standard InChI is InChI=1S/C18H37N5O2.HI/c1-5-25-18(24)23-15-13-22(14-16-23)17(19-2)20-11-9-7-6-8-10-12-21(3)4;/h5-16H2,1-4H3,(H,19,20);1H. The molecule has 0 saturated carbocycles. The number of hydrogen-bond donors (Lipinski definition) is 1. The molecule has 0 unspecified atom stereocenters. The van der Waals surface area contributed by atoms with Gasteiger partial charge in [0.2, 0.25) is 0 Å². The number of nitrogens with one attached hydrogen (secondary N) is 1. The van der Waals surface area contributed by atoms with E-state index in [0.29, 0.717) is 19.7 Å². The van der Waals surface area contributed by atoms with Crippen LogP contribution in [0.5, 0.6) is 0 Å². The van der Waals surface area contributed by atoms with Crippen molar-refractivity contribution in [1.82, 2.24) is 20.0 Å². The van der Waals surface area contributed by atoms with Crippen LogP contribution in [0.3, 0.4) is 0 Å². The first kappa shape index (κ1) is 25.2. The second kappa shape index (κ2) is 15.3. The molecule has 0 bridgehead atoms. The van der Waals surface area contributed by atoms with Gasteiger partial charge in [-0.05, 0) is 40.4 Å². The molecule has 1 N–H and O–H groups in total. The lowest BCUT2D eigenvalue weighted by Gasteiger charge is -2.35. The maximum Gasteiger partial charge on any atom is 0.409 e. The van der Waals surface area contributed by atoms with Crippen LogP contribution < -0.4 is 5.32 Å². The predicted molar refractivity (Wildman–Crippen MR) is 119 cm³/mol. The van der Waals surface area contributed by atoms with E-state index in [0.717, 1.165) is 25.6 Å². The van der Waals surface area contributed by atoms with Crippen LogP contribution in [0.1, 0.15) is 39.0 Å². The minimum atomic E-state index is -0.209. The molecule has 0 aliphatic carbocycles. The molecule has 7 nitrogen and oxygen atoms in total. The zero-order valence-corrected chi connectivity index (χ0v) is 19.3. The molecular weight excluding hydrogens is 445 g/mol. The average Bonchev–Trinajstić information content (AvgIpc) is 2.60. The van der Waals surface area contributed by atoms with Crippen LogP contribution >= 0.6 is 24.0 Å². The molecule has 0 aromatic heterocycles. The van der Waals surface area contributed by atoms with Crippen LogP contribution in [0.2, 0.25) is 0 Å². The van der Waals surface area contributed by atoms with Crippen LogP contribution in [-0.2, 0) is 4.74 Å². The van der Waals surface area contributed by atoms with Crippen molar-refractivity contribution >= 4 is 36.0 Å². The lowest BCUT2D eigenvalue weighted by molar-refractivity contribution is 0.0914. The van der Waals surface area contributed by atoms with Crippen molar-refractivity contribution in [3.8, 4) is 0 Å². The predicted octanol–water partition coefficient (Wildman–Crippen LogP) is 2.47. The third kappa shape index (κ3) is 10.4. The molecule has 1 heterocycles. The molecular formula is C18H38IN5O2. The van der Waals surface area contributed by atoms with Crippen molar-refractivity contribution in [1.29, 1.82) is 0 Å². The number of carbonyl (C=O) groups is 1. The van der Waals surface area contributed by atoms with Crippen molar-refractivity contribution in [3.63, 3.8) is 0 Å². The smallest absolute Gasteiger partial charge is 0.409 e. The van der Waals surface area contributed by atoms with E-state index in [2.05, 4.69) is 34.2 Å². The highest BCUT2D eigenvalue weighted by atomic mass is 127. The van der Waals surface area contributed by atoms with E-state index in [1.54, 1.807) is 4.90 Å². The molecule has 0 aromatic rings. The number of amides is 1. The SMILES string of the molecule is CCOC(=O)N1CCN(C(=NC)NCCCCCCCN(C)C)CC1.I. The Bertz CT molecular complexity index is 399. The van der Waals surface area contributed by atoms with Crippen LogP contribution in [-0.4, -0.2) is 93.8 Å². The molecule has 8 heteroatoms. The molecule has 0 atom stereocenters. The second-order valence-corrected chi connectivity index (χ2v) is 6.72. The summed E-state index contributed by atoms with van der Waals surface area (Å²) in [5.74, 6) is 0.941. The number of guanidine groups is 1. The summed E-state index contributed by atoms with van der Waals surface area (Å²) in [5.41, 5.74) is 0. The molecule has 0 aromatic carbocycles. The molecule has 0 spiro atoms. The number of halogens is 1. The van der Waals surface area contributed by atoms with E-state index in [1.165, 1.54) is 38.6 Å². The van der Waals surface area contributed by atoms with Gasteiger partial charge in [-0.2, -0.15) is 0 Å². The number of carbonyl (C=O) groups excluding carboxylic acids is 1. The minimum Gasteiger partial charge on any atom is -0.450 e. The number of ether oxygens (including phenoxy) is 1. The summed E-state index contributed by atoms with van der Waals surface area (Å²) in [5, 5.41) is 3.45. The molecule has 1 aliphatic heterocycles. The first-order valence-electron chi connectivity index (χ1n) is 9.60. The highest BCUT2D eigenvalue weighted by molar-refractivity contribution is 14.0. The van der Waals surface area contributed by atoms with E-state index in [1.807, 2.05) is 14.0 Å². The Morgan fingerprint density at radius 2 is 1.62 bits per heavy atom. The van der Waals surface area contributed by atoms with Crippen LogP contribution in [0.25, 0.3) is 0 Å². The molecule has 26 heavy (non-hydrogen) atoms. The summed E-state index contributed by atoms with van der Waals surface area (Å²) in [4.78, 5) is 22.3. The molecule has 1 rings (SSSR count). The van der Waals surface area contributed by atoms with Crippen molar-refractivity contribution in [2.75, 3.05) is 67.0 Å². The summed E-state index contributed by atoms with van der Waals surface area (Å²) >= 11 is 0. The number of unbranched alkanes of at least 4 members (excludes halogenated alkanes) is 4. The Morgan fingerprint density at radius 3 is 2.19 bits per heavy atom. The fourth-order valence-electron chi connectivity index (χ4n) is 2.93. The third-order valence-electron chi connectivity index (χ3n) is 4.38. The molecule has 1 amide bonds. The zero-order valence-electron chi connectivity index (χ0n) is 17.0. The molecule has 1 saturated heterocycles. The largest absolute Gasteiger partial charge is 0.450 e. The van der Waals surface area contributed by atoms with E-state index >= 15 is 0 Å². The van der Waals surface area contributed by atoms with E-state index in [4.69, 9.17) is 4.74 Å². The Balaban J connectivity index is 0.00000625. The molecule has 1 fully saturated rings. The van der Waals surface area contributed by atoms with Gasteiger partial charge in [0.25, 0.3) is 0 Å². The van der Waals surface area contributed by atoms with Gasteiger partial charge >= 0.3 is 6.09 Å². The maximum absolute atomic E-state index is 11.7. The van der Waals surface area contributed by atoms with Gasteiger partial charge in [-0.15, -0.1) is 24.0 Å². The number of nitrogens with zero attached hydrogens (tertiary/aromatic N) is 4. The maximum atomic E-state index is 11.7. The topological polar surface area (TPSA) is 60.4 Å². The zero-order chi connectivity index (χ0) is 18.5. The first-order valence-corrected chi connectivity index (χ1v) is 9.60. The van der Waals surface area contributed by atoms with Crippen molar-refractivity contribution in [2.24, 2.45) is 4.99 Å². The lowest BCUT2D eigenvalue weighted by Crippen LogP contribution is -2.54. The summed E-state index contributed by atoms with van der Waals surface area (Å²) in [6.45, 7) is 7.36. The van der Waals surface area contributed by atoms with Gasteiger partial charge in [0.15, 0.2) is 5.96 Å². The van der Waals surface area contributed by atoms with Gasteiger partial charge in [0, 0.05) is 39.8 Å². The Hall–Kier alpha value is -0.770. The first-order chi connectivity index (χ1) is 12.1. The van der Waals surface area contributed by atoms with E-state index < -0.39 is 0 Å². The lowest BCUT2D eigenvalue weighted by atomic mass is 10.1. The molecule has 0 radical (unpaired) electrons. The van der Waals surface area contributed by atoms with Gasteiger partial charge in [-0.1, -0.05) is 19.3 Å². The summed E-state index contributed by atoms with van der Waals surface area (Å²) in [7, 11) is 6.07. The fourth-order valence-corrected chi connectivity index (χ4v) is 2.93. The molecule has 154 valence electrons. The van der Waals surface area contributed by atoms with Gasteiger partial charge in [0.05, 0.1) is 6.61 Å². The quantitative estimate of drug-likeness (QED) is 0.236. The Kier molecular flexibility index (Phi) is 14.9. The van der Waals surface area contributed by atoms with Crippen LogP contribution in [0, 0.1) is 0 Å². The summed E-state index contributed by atoms with van der Waals surface area (Å²) in [6, 6.07) is 0. The normalized spacial score (nSPS) is 15.0. The van der Waals surface area contributed by atoms with Crippen molar-refractivity contribution < 1.29 is 9.53 Å². The summed E-state index contributed by atoms with van der Waals surface area (Å²) in [6.07, 6.45) is 6.11. The van der Waals surface area contributed by atoms with Crippen LogP contribution in [0.15, 0.2) is 4.99 Å². The van der Waals surface area contributed by atoms with Gasteiger partial charge < -0.3 is 24.8 Å².